The van der Waals surface area contributed by atoms with Crippen LogP contribution in [0.2, 0.25) is 0 Å². The lowest BCUT2D eigenvalue weighted by atomic mass is 10.0. The molecule has 3 aromatic carbocycles. The Bertz CT molecular complexity index is 1240. The predicted molar refractivity (Wildman–Crippen MR) is 123 cm³/mol. The highest BCUT2D eigenvalue weighted by Gasteiger charge is 2.49. The van der Waals surface area contributed by atoms with Crippen LogP contribution in [0, 0.1) is 11.7 Å². The fourth-order valence-corrected chi connectivity index (χ4v) is 5.80. The van der Waals surface area contributed by atoms with Gasteiger partial charge in [-0.05, 0) is 60.3 Å². The van der Waals surface area contributed by atoms with Gasteiger partial charge in [-0.1, -0.05) is 30.3 Å². The molecule has 2 heterocycles. The maximum atomic E-state index is 15.4. The largest absolute Gasteiger partial charge is 0.478 e. The number of aromatic carboxylic acids is 1. The van der Waals surface area contributed by atoms with Crippen LogP contribution in [0.25, 0.3) is 11.1 Å². The van der Waals surface area contributed by atoms with Crippen LogP contribution in [-0.4, -0.2) is 40.7 Å². The fourth-order valence-electron chi connectivity index (χ4n) is 4.56. The van der Waals surface area contributed by atoms with Gasteiger partial charge in [-0.15, -0.1) is 0 Å². The molecule has 3 aromatic rings. The van der Waals surface area contributed by atoms with Crippen molar-refractivity contribution in [2.45, 2.75) is 23.5 Å². The van der Waals surface area contributed by atoms with Crippen LogP contribution < -0.4 is 4.90 Å². The number of carboxylic acids is 1. The predicted octanol–water partition coefficient (Wildman–Crippen LogP) is 6.60. The third kappa shape index (κ3) is 4.25. The molecule has 0 amide bonds. The number of para-hydroxylation sites is 1. The average Bonchev–Trinajstić information content (AvgIpc) is 3.16. The molecule has 0 unspecified atom stereocenters. The van der Waals surface area contributed by atoms with Crippen molar-refractivity contribution < 1.29 is 27.5 Å². The van der Waals surface area contributed by atoms with E-state index in [-0.39, 0.29) is 30.1 Å². The minimum Gasteiger partial charge on any atom is -0.478 e. The van der Waals surface area contributed by atoms with E-state index >= 15 is 4.39 Å². The number of benzene rings is 3. The highest BCUT2D eigenvalue weighted by Crippen LogP contribution is 2.48. The second-order valence-electron chi connectivity index (χ2n) is 8.45. The Morgan fingerprint density at radius 3 is 2.47 bits per heavy atom. The Morgan fingerprint density at radius 2 is 1.76 bits per heavy atom. The molecule has 176 valence electrons. The lowest BCUT2D eigenvalue weighted by Crippen LogP contribution is -2.32. The molecule has 0 saturated carbocycles. The number of nitrogens with zero attached hydrogens (tertiary/aromatic N) is 2. The molecule has 9 heteroatoms. The van der Waals surface area contributed by atoms with Gasteiger partial charge in [0.25, 0.3) is 0 Å². The Balaban J connectivity index is 1.61. The average molecular weight is 489 g/mol. The second-order valence-corrected chi connectivity index (χ2v) is 9.54. The van der Waals surface area contributed by atoms with Crippen molar-refractivity contribution in [1.29, 1.82) is 0 Å². The van der Waals surface area contributed by atoms with Crippen LogP contribution in [0.1, 0.15) is 16.8 Å². The molecule has 5 rings (SSSR count). The number of hydrogen-bond acceptors (Lipinski definition) is 4. The molecule has 4 nitrogen and oxygen atoms in total. The van der Waals surface area contributed by atoms with Crippen LogP contribution in [0.4, 0.5) is 28.9 Å². The molecule has 0 aromatic heterocycles. The Hall–Kier alpha value is -3.04. The van der Waals surface area contributed by atoms with E-state index in [9.17, 15) is 23.1 Å². The highest BCUT2D eigenvalue weighted by atomic mass is 32.2. The summed E-state index contributed by atoms with van der Waals surface area (Å²) in [5.41, 5.74) is 1.96. The van der Waals surface area contributed by atoms with Crippen LogP contribution >= 0.6 is 11.9 Å². The van der Waals surface area contributed by atoms with Crippen LogP contribution in [0.3, 0.4) is 0 Å². The Morgan fingerprint density at radius 1 is 1.00 bits per heavy atom. The summed E-state index contributed by atoms with van der Waals surface area (Å²) in [6.07, 6.45) is -4.30. The number of carboxylic acid groups (broad SMARTS) is 1. The van der Waals surface area contributed by atoms with Crippen molar-refractivity contribution in [2.75, 3.05) is 18.0 Å². The molecule has 1 fully saturated rings. The number of halogens is 4. The molecule has 0 bridgehead atoms. The first-order chi connectivity index (χ1) is 16.2. The van der Waals surface area contributed by atoms with E-state index in [1.165, 1.54) is 36.2 Å². The summed E-state index contributed by atoms with van der Waals surface area (Å²) >= 11 is 1.20. The van der Waals surface area contributed by atoms with Crippen molar-refractivity contribution in [3.05, 3.63) is 78.1 Å². The van der Waals surface area contributed by atoms with Crippen molar-refractivity contribution in [2.24, 2.45) is 5.92 Å². The fraction of sp³-hybridized carbons (Fsp3) is 0.240. The third-order valence-electron chi connectivity index (χ3n) is 6.26. The van der Waals surface area contributed by atoms with Gasteiger partial charge in [-0.2, -0.15) is 13.2 Å². The van der Waals surface area contributed by atoms with Crippen molar-refractivity contribution in [3.63, 3.8) is 0 Å². The standard InChI is InChI=1S/C25H20F4N2O2S/c26-21-12-22-23(11-20(21)15-5-4-6-16(9-15)24(32)33)34-31-13-17(25(27,28)29)10-19(31)14-30(22)18-7-2-1-3-8-18/h1-9,11-12,17,19H,10,13-14H2,(H,32,33)/t17-,19-/m0/s1. The smallest absolute Gasteiger partial charge is 0.393 e. The van der Waals surface area contributed by atoms with E-state index in [1.807, 2.05) is 35.2 Å². The van der Waals surface area contributed by atoms with Crippen molar-refractivity contribution in [3.8, 4) is 11.1 Å². The molecular formula is C25H20F4N2O2S. The summed E-state index contributed by atoms with van der Waals surface area (Å²) in [6, 6.07) is 17.8. The molecule has 2 aliphatic heterocycles. The minimum absolute atomic E-state index is 0.0240. The zero-order valence-corrected chi connectivity index (χ0v) is 18.6. The number of alkyl halides is 3. The number of anilines is 2. The van der Waals surface area contributed by atoms with Gasteiger partial charge in [-0.25, -0.2) is 13.5 Å². The normalized spacial score (nSPS) is 20.5. The highest BCUT2D eigenvalue weighted by molar-refractivity contribution is 7.97. The summed E-state index contributed by atoms with van der Waals surface area (Å²) in [5.74, 6) is -3.07. The number of carbonyl (C=O) groups is 1. The number of rotatable bonds is 3. The van der Waals surface area contributed by atoms with Gasteiger partial charge in [0.2, 0.25) is 0 Å². The molecule has 34 heavy (non-hydrogen) atoms. The van der Waals surface area contributed by atoms with Crippen LogP contribution in [-0.2, 0) is 0 Å². The first-order valence-corrected chi connectivity index (χ1v) is 11.5. The van der Waals surface area contributed by atoms with Gasteiger partial charge >= 0.3 is 12.1 Å². The van der Waals surface area contributed by atoms with E-state index in [4.69, 9.17) is 0 Å². The van der Waals surface area contributed by atoms with Crippen LogP contribution in [0.5, 0.6) is 0 Å². The minimum atomic E-state index is -4.28. The quantitative estimate of drug-likeness (QED) is 0.332. The monoisotopic (exact) mass is 488 g/mol. The summed E-state index contributed by atoms with van der Waals surface area (Å²) in [6.45, 7) is 0.159. The third-order valence-corrected chi connectivity index (χ3v) is 7.47. The van der Waals surface area contributed by atoms with E-state index in [0.717, 1.165) is 5.69 Å². The van der Waals surface area contributed by atoms with Gasteiger partial charge in [0.05, 0.1) is 17.2 Å². The zero-order chi connectivity index (χ0) is 24.0. The second kappa shape index (κ2) is 8.63. The Kier molecular flexibility index (Phi) is 5.77. The first kappa shape index (κ1) is 22.7. The van der Waals surface area contributed by atoms with Gasteiger partial charge in [0.15, 0.2) is 0 Å². The van der Waals surface area contributed by atoms with Crippen LogP contribution in [0.15, 0.2) is 71.6 Å². The SMILES string of the molecule is O=C(O)c1cccc(-c2cc3c(cc2F)N(c2ccccc2)C[C@@H]2C[C@H](C(F)(F)F)CN2S3)c1. The maximum absolute atomic E-state index is 15.4. The topological polar surface area (TPSA) is 43.8 Å². The van der Waals surface area contributed by atoms with Gasteiger partial charge in [-0.3, -0.25) is 0 Å². The van der Waals surface area contributed by atoms with E-state index < -0.39 is 23.9 Å². The van der Waals surface area contributed by atoms with Crippen molar-refractivity contribution >= 4 is 29.3 Å². The molecule has 0 spiro atoms. The molecule has 1 N–H and O–H groups in total. The molecule has 2 aliphatic rings. The molecule has 0 radical (unpaired) electrons. The zero-order valence-electron chi connectivity index (χ0n) is 17.8. The van der Waals surface area contributed by atoms with Gasteiger partial charge in [0.1, 0.15) is 5.82 Å². The summed E-state index contributed by atoms with van der Waals surface area (Å²) < 4.78 is 57.7. The molecule has 1 saturated heterocycles. The maximum Gasteiger partial charge on any atom is 0.393 e. The lowest BCUT2D eigenvalue weighted by Gasteiger charge is -2.28. The first-order valence-electron chi connectivity index (χ1n) is 10.7. The van der Waals surface area contributed by atoms with Crippen molar-refractivity contribution in [1.82, 2.24) is 4.31 Å². The molecule has 2 atom stereocenters. The van der Waals surface area contributed by atoms with E-state index in [2.05, 4.69) is 0 Å². The molecule has 0 aliphatic carbocycles. The lowest BCUT2D eigenvalue weighted by molar-refractivity contribution is -0.169. The van der Waals surface area contributed by atoms with Gasteiger partial charge in [0, 0.05) is 35.3 Å². The number of hydrogen-bond donors (Lipinski definition) is 1. The Labute approximate surface area is 197 Å². The van der Waals surface area contributed by atoms with E-state index in [0.29, 0.717) is 22.7 Å². The summed E-state index contributed by atoms with van der Waals surface area (Å²) in [4.78, 5) is 13.9. The van der Waals surface area contributed by atoms with E-state index in [1.54, 1.807) is 16.4 Å². The summed E-state index contributed by atoms with van der Waals surface area (Å²) in [7, 11) is 0. The number of fused-ring (bicyclic) bond motifs is 2. The van der Waals surface area contributed by atoms with Gasteiger partial charge < -0.3 is 10.0 Å². The molecular weight excluding hydrogens is 468 g/mol. The summed E-state index contributed by atoms with van der Waals surface area (Å²) in [5, 5.41) is 9.31.